The lowest BCUT2D eigenvalue weighted by molar-refractivity contribution is -0.142. The molecule has 5 heteroatoms. The zero-order valence-corrected chi connectivity index (χ0v) is 11.3. The van der Waals surface area contributed by atoms with E-state index in [0.717, 1.165) is 11.1 Å². The normalized spacial score (nSPS) is 13.9. The number of nitrogens with one attached hydrogen (secondary N) is 1. The number of ether oxygens (including phenoxy) is 1. The SMILES string of the molecule is COC(=O)CC(NCCO)C(O)c1ccc(C)cc1. The average Bonchev–Trinajstić information content (AvgIpc) is 2.43. The van der Waals surface area contributed by atoms with Gasteiger partial charge in [0.2, 0.25) is 0 Å². The van der Waals surface area contributed by atoms with Crippen LogP contribution in [0.4, 0.5) is 0 Å². The second-order valence-electron chi connectivity index (χ2n) is 4.42. The summed E-state index contributed by atoms with van der Waals surface area (Å²) in [4.78, 5) is 11.3. The molecule has 0 amide bonds. The summed E-state index contributed by atoms with van der Waals surface area (Å²) in [7, 11) is 1.31. The highest BCUT2D eigenvalue weighted by Crippen LogP contribution is 2.19. The van der Waals surface area contributed by atoms with Crippen LogP contribution in [0.1, 0.15) is 23.7 Å². The van der Waals surface area contributed by atoms with Crippen molar-refractivity contribution in [1.82, 2.24) is 5.32 Å². The van der Waals surface area contributed by atoms with Crippen molar-refractivity contribution in [2.45, 2.75) is 25.5 Å². The number of carbonyl (C=O) groups excluding carboxylic acids is 1. The number of rotatable bonds is 7. The topological polar surface area (TPSA) is 78.8 Å². The van der Waals surface area contributed by atoms with Crippen molar-refractivity contribution in [3.8, 4) is 0 Å². The van der Waals surface area contributed by atoms with E-state index in [0.29, 0.717) is 6.54 Å². The van der Waals surface area contributed by atoms with Gasteiger partial charge in [0.25, 0.3) is 0 Å². The molecule has 5 nitrogen and oxygen atoms in total. The van der Waals surface area contributed by atoms with Gasteiger partial charge in [0.1, 0.15) is 0 Å². The van der Waals surface area contributed by atoms with Gasteiger partial charge >= 0.3 is 5.97 Å². The van der Waals surface area contributed by atoms with Crippen molar-refractivity contribution in [2.24, 2.45) is 0 Å². The number of aliphatic hydroxyl groups excluding tert-OH is 2. The Morgan fingerprint density at radius 3 is 2.53 bits per heavy atom. The lowest BCUT2D eigenvalue weighted by Crippen LogP contribution is -2.38. The minimum absolute atomic E-state index is 0.0472. The minimum atomic E-state index is -0.828. The molecular formula is C14H21NO4. The predicted octanol–water partition coefficient (Wildman–Crippen LogP) is 0.542. The first-order valence-electron chi connectivity index (χ1n) is 6.24. The number of aliphatic hydroxyl groups is 2. The van der Waals surface area contributed by atoms with Crippen LogP contribution in [0.15, 0.2) is 24.3 Å². The molecule has 0 radical (unpaired) electrons. The molecular weight excluding hydrogens is 246 g/mol. The second kappa shape index (κ2) is 7.89. The Bertz CT molecular complexity index is 391. The smallest absolute Gasteiger partial charge is 0.307 e. The summed E-state index contributed by atoms with van der Waals surface area (Å²) in [6.45, 7) is 2.22. The molecule has 106 valence electrons. The summed E-state index contributed by atoms with van der Waals surface area (Å²) in [5.74, 6) is -0.401. The van der Waals surface area contributed by atoms with E-state index in [1.165, 1.54) is 7.11 Å². The summed E-state index contributed by atoms with van der Waals surface area (Å²) in [6.07, 6.45) is -0.780. The third-order valence-corrected chi connectivity index (χ3v) is 2.93. The van der Waals surface area contributed by atoms with Crippen LogP contribution in [-0.2, 0) is 9.53 Å². The molecule has 3 N–H and O–H groups in total. The van der Waals surface area contributed by atoms with E-state index >= 15 is 0 Å². The zero-order chi connectivity index (χ0) is 14.3. The number of hydrogen-bond donors (Lipinski definition) is 3. The Hall–Kier alpha value is -1.43. The molecule has 2 atom stereocenters. The van der Waals surface area contributed by atoms with Crippen LogP contribution < -0.4 is 5.32 Å². The quantitative estimate of drug-likeness (QED) is 0.629. The molecule has 19 heavy (non-hydrogen) atoms. The van der Waals surface area contributed by atoms with Gasteiger partial charge in [0.05, 0.1) is 26.2 Å². The molecule has 0 bridgehead atoms. The van der Waals surface area contributed by atoms with Crippen LogP contribution in [0, 0.1) is 6.92 Å². The van der Waals surface area contributed by atoms with E-state index in [4.69, 9.17) is 5.11 Å². The van der Waals surface area contributed by atoms with Gasteiger partial charge in [-0.15, -0.1) is 0 Å². The van der Waals surface area contributed by atoms with E-state index in [1.54, 1.807) is 0 Å². The second-order valence-corrected chi connectivity index (χ2v) is 4.42. The van der Waals surface area contributed by atoms with Crippen molar-refractivity contribution in [2.75, 3.05) is 20.3 Å². The molecule has 0 aliphatic carbocycles. The molecule has 0 fully saturated rings. The van der Waals surface area contributed by atoms with E-state index < -0.39 is 18.1 Å². The molecule has 0 aliphatic heterocycles. The molecule has 1 rings (SSSR count). The molecule has 0 aromatic heterocycles. The highest BCUT2D eigenvalue weighted by molar-refractivity contribution is 5.70. The minimum Gasteiger partial charge on any atom is -0.469 e. The van der Waals surface area contributed by atoms with E-state index in [1.807, 2.05) is 31.2 Å². The van der Waals surface area contributed by atoms with Crippen molar-refractivity contribution in [1.29, 1.82) is 0 Å². The maximum Gasteiger partial charge on any atom is 0.307 e. The van der Waals surface area contributed by atoms with E-state index in [9.17, 15) is 9.90 Å². The Balaban J connectivity index is 2.77. The summed E-state index contributed by atoms with van der Waals surface area (Å²) >= 11 is 0. The lowest BCUT2D eigenvalue weighted by Gasteiger charge is -2.23. The van der Waals surface area contributed by atoms with Gasteiger partial charge in [-0.2, -0.15) is 0 Å². The number of aryl methyl sites for hydroxylation is 1. The van der Waals surface area contributed by atoms with Crippen molar-refractivity contribution in [3.63, 3.8) is 0 Å². The van der Waals surface area contributed by atoms with Crippen molar-refractivity contribution < 1.29 is 19.7 Å². The van der Waals surface area contributed by atoms with Crippen LogP contribution in [0.3, 0.4) is 0 Å². The Morgan fingerprint density at radius 2 is 2.00 bits per heavy atom. The first-order valence-corrected chi connectivity index (χ1v) is 6.24. The number of carbonyl (C=O) groups is 1. The van der Waals surface area contributed by atoms with E-state index in [-0.39, 0.29) is 13.0 Å². The van der Waals surface area contributed by atoms with Gasteiger partial charge in [-0.05, 0) is 12.5 Å². The van der Waals surface area contributed by atoms with Crippen LogP contribution in [-0.4, -0.2) is 42.5 Å². The van der Waals surface area contributed by atoms with Crippen molar-refractivity contribution in [3.05, 3.63) is 35.4 Å². The van der Waals surface area contributed by atoms with E-state index in [2.05, 4.69) is 10.1 Å². The van der Waals surface area contributed by atoms with Crippen LogP contribution >= 0.6 is 0 Å². The molecule has 0 saturated carbocycles. The lowest BCUT2D eigenvalue weighted by atomic mass is 9.99. The molecule has 1 aromatic carbocycles. The maximum absolute atomic E-state index is 11.3. The fraction of sp³-hybridized carbons (Fsp3) is 0.500. The largest absolute Gasteiger partial charge is 0.469 e. The summed E-state index contributed by atoms with van der Waals surface area (Å²) in [5.41, 5.74) is 1.83. The number of hydrogen-bond acceptors (Lipinski definition) is 5. The Labute approximate surface area is 113 Å². The van der Waals surface area contributed by atoms with Gasteiger partial charge in [-0.25, -0.2) is 0 Å². The third-order valence-electron chi connectivity index (χ3n) is 2.93. The van der Waals surface area contributed by atoms with Crippen LogP contribution in [0.25, 0.3) is 0 Å². The first-order chi connectivity index (χ1) is 9.08. The van der Waals surface area contributed by atoms with Crippen molar-refractivity contribution >= 4 is 5.97 Å². The molecule has 0 spiro atoms. The monoisotopic (exact) mass is 267 g/mol. The Kier molecular flexibility index (Phi) is 6.49. The average molecular weight is 267 g/mol. The summed E-state index contributed by atoms with van der Waals surface area (Å²) in [6, 6.07) is 6.97. The highest BCUT2D eigenvalue weighted by Gasteiger charge is 2.23. The van der Waals surface area contributed by atoms with Crippen LogP contribution in [0.2, 0.25) is 0 Å². The van der Waals surface area contributed by atoms with Gasteiger partial charge in [0.15, 0.2) is 0 Å². The highest BCUT2D eigenvalue weighted by atomic mass is 16.5. The molecule has 0 saturated heterocycles. The first kappa shape index (κ1) is 15.6. The predicted molar refractivity (Wildman–Crippen MR) is 71.6 cm³/mol. The van der Waals surface area contributed by atoms with Gasteiger partial charge < -0.3 is 20.3 Å². The van der Waals surface area contributed by atoms with Gasteiger partial charge in [0, 0.05) is 12.6 Å². The molecule has 1 aromatic rings. The standard InChI is InChI=1S/C14H21NO4/c1-10-3-5-11(6-4-10)14(18)12(15-7-8-16)9-13(17)19-2/h3-6,12,14-16,18H,7-9H2,1-2H3. The molecule has 0 heterocycles. The summed E-state index contributed by atoms with van der Waals surface area (Å²) in [5, 5.41) is 22.1. The Morgan fingerprint density at radius 1 is 1.37 bits per heavy atom. The van der Waals surface area contributed by atoms with Gasteiger partial charge in [-0.3, -0.25) is 4.79 Å². The maximum atomic E-state index is 11.3. The molecule has 2 unspecified atom stereocenters. The third kappa shape index (κ3) is 4.98. The zero-order valence-electron chi connectivity index (χ0n) is 11.3. The van der Waals surface area contributed by atoms with Crippen LogP contribution in [0.5, 0.6) is 0 Å². The summed E-state index contributed by atoms with van der Waals surface area (Å²) < 4.78 is 4.61. The van der Waals surface area contributed by atoms with Gasteiger partial charge in [-0.1, -0.05) is 29.8 Å². The molecule has 0 aliphatic rings. The fourth-order valence-corrected chi connectivity index (χ4v) is 1.80. The fourth-order valence-electron chi connectivity index (χ4n) is 1.80. The number of esters is 1. The number of methoxy groups -OCH3 is 1. The number of benzene rings is 1.